The molecule has 74 valence electrons. The van der Waals surface area contributed by atoms with Crippen LogP contribution in [0.15, 0.2) is 0 Å². The van der Waals surface area contributed by atoms with Crippen LogP contribution in [0, 0.1) is 0 Å². The van der Waals surface area contributed by atoms with Crippen molar-refractivity contribution in [1.29, 1.82) is 0 Å². The molecule has 12 heavy (non-hydrogen) atoms. The third-order valence-electron chi connectivity index (χ3n) is 1.38. The molecule has 0 fully saturated rings. The maximum absolute atomic E-state index is 10.2. The van der Waals surface area contributed by atoms with Crippen LogP contribution >= 0.6 is 0 Å². The molecule has 0 saturated heterocycles. The Kier molecular flexibility index (Phi) is 5.44. The van der Waals surface area contributed by atoms with Gasteiger partial charge in [0, 0.05) is 12.4 Å². The Bertz CT molecular complexity index is 197. The summed E-state index contributed by atoms with van der Waals surface area (Å²) in [6.45, 7) is 4.35. The van der Waals surface area contributed by atoms with Crippen LogP contribution in [0.2, 0.25) is 0 Å². The normalized spacial score (nSPS) is 14.6. The Hall–Kier alpha value is -0.130. The molecule has 4 nitrogen and oxygen atoms in total. The molecule has 0 aliphatic carbocycles. The monoisotopic (exact) mass is 195 g/mol. The molecule has 0 rings (SSSR count). The fraction of sp³-hybridized carbons (Fsp3) is 1.00. The quantitative estimate of drug-likeness (QED) is 0.586. The molecular weight excluding hydrogens is 180 g/mol. The molecule has 0 bridgehead atoms. The molecule has 0 spiro atoms. The van der Waals surface area contributed by atoms with Crippen LogP contribution in [0.4, 0.5) is 0 Å². The van der Waals surface area contributed by atoms with Crippen LogP contribution in [-0.2, 0) is 14.9 Å². The average Bonchev–Trinajstić information content (AvgIpc) is 1.95. The summed E-state index contributed by atoms with van der Waals surface area (Å²) >= 11 is 0. The summed E-state index contributed by atoms with van der Waals surface area (Å²) in [7, 11) is -4.07. The molecule has 5 heteroatoms. The van der Waals surface area contributed by atoms with Gasteiger partial charge in [0.25, 0.3) is 0 Å². The Morgan fingerprint density at radius 2 is 2.08 bits per heavy atom. The third kappa shape index (κ3) is 7.97. The van der Waals surface area contributed by atoms with Crippen molar-refractivity contribution in [2.75, 3.05) is 12.4 Å². The molecule has 0 heterocycles. The minimum Gasteiger partial charge on any atom is -0.748 e. The van der Waals surface area contributed by atoms with Crippen molar-refractivity contribution in [3.63, 3.8) is 0 Å². The first-order chi connectivity index (χ1) is 5.45. The third-order valence-corrected chi connectivity index (χ3v) is 2.12. The van der Waals surface area contributed by atoms with Crippen LogP contribution < -0.4 is 0 Å². The molecule has 1 unspecified atom stereocenters. The van der Waals surface area contributed by atoms with E-state index in [4.69, 9.17) is 4.74 Å². The zero-order chi connectivity index (χ0) is 9.61. The summed E-state index contributed by atoms with van der Waals surface area (Å²) in [6.07, 6.45) is 1.04. The summed E-state index contributed by atoms with van der Waals surface area (Å²) in [5.74, 6) is -0.335. The lowest BCUT2D eigenvalue weighted by atomic mass is 10.3. The van der Waals surface area contributed by atoms with Crippen molar-refractivity contribution < 1.29 is 17.7 Å². The molecule has 0 amide bonds. The number of rotatable bonds is 6. The van der Waals surface area contributed by atoms with Crippen molar-refractivity contribution in [2.24, 2.45) is 0 Å². The van der Waals surface area contributed by atoms with Crippen LogP contribution in [0.5, 0.6) is 0 Å². The van der Waals surface area contributed by atoms with Crippen LogP contribution in [0.3, 0.4) is 0 Å². The SMILES string of the molecule is CCCOC(C)CCS(=O)(=O)[O-]. The predicted octanol–water partition coefficient (Wildman–Crippen LogP) is 0.737. The second-order valence-electron chi connectivity index (χ2n) is 2.73. The summed E-state index contributed by atoms with van der Waals surface area (Å²) in [5.41, 5.74) is 0. The average molecular weight is 195 g/mol. The van der Waals surface area contributed by atoms with Gasteiger partial charge in [0.2, 0.25) is 0 Å². The van der Waals surface area contributed by atoms with E-state index in [-0.39, 0.29) is 18.3 Å². The number of hydrogen-bond donors (Lipinski definition) is 0. The first-order valence-corrected chi connectivity index (χ1v) is 5.58. The topological polar surface area (TPSA) is 66.4 Å². The fourth-order valence-electron chi connectivity index (χ4n) is 0.713. The molecule has 0 aliphatic heterocycles. The zero-order valence-electron chi connectivity index (χ0n) is 7.45. The summed E-state index contributed by atoms with van der Waals surface area (Å²) < 4.78 is 35.8. The van der Waals surface area contributed by atoms with E-state index in [1.54, 1.807) is 6.92 Å². The van der Waals surface area contributed by atoms with Crippen molar-refractivity contribution in [1.82, 2.24) is 0 Å². The largest absolute Gasteiger partial charge is 0.748 e. The summed E-state index contributed by atoms with van der Waals surface area (Å²) in [5, 5.41) is 0. The molecule has 0 N–H and O–H groups in total. The van der Waals surface area contributed by atoms with E-state index in [1.807, 2.05) is 6.92 Å². The highest BCUT2D eigenvalue weighted by molar-refractivity contribution is 7.85. The maximum Gasteiger partial charge on any atom is 0.0946 e. The van der Waals surface area contributed by atoms with Gasteiger partial charge in [-0.3, -0.25) is 0 Å². The van der Waals surface area contributed by atoms with Gasteiger partial charge in [-0.05, 0) is 19.8 Å². The van der Waals surface area contributed by atoms with Gasteiger partial charge in [-0.1, -0.05) is 6.92 Å². The number of hydrogen-bond acceptors (Lipinski definition) is 4. The van der Waals surface area contributed by atoms with Gasteiger partial charge in [0.05, 0.1) is 16.2 Å². The molecule has 0 radical (unpaired) electrons. The minimum absolute atomic E-state index is 0.145. The van der Waals surface area contributed by atoms with Crippen molar-refractivity contribution in [3.8, 4) is 0 Å². The fourth-order valence-corrected chi connectivity index (χ4v) is 1.33. The van der Waals surface area contributed by atoms with Crippen molar-refractivity contribution >= 4 is 10.1 Å². The van der Waals surface area contributed by atoms with E-state index >= 15 is 0 Å². The zero-order valence-corrected chi connectivity index (χ0v) is 8.26. The standard InChI is InChI=1S/C7H16O4S/c1-3-5-11-7(2)4-6-12(8,9)10/h7H,3-6H2,1-2H3,(H,8,9,10)/p-1. The Morgan fingerprint density at radius 3 is 2.50 bits per heavy atom. The molecule has 0 aromatic heterocycles. The van der Waals surface area contributed by atoms with E-state index in [1.165, 1.54) is 0 Å². The van der Waals surface area contributed by atoms with E-state index in [9.17, 15) is 13.0 Å². The van der Waals surface area contributed by atoms with Gasteiger partial charge in [-0.25, -0.2) is 8.42 Å². The molecule has 0 aliphatic rings. The first kappa shape index (κ1) is 11.9. The van der Waals surface area contributed by atoms with Gasteiger partial charge in [0.15, 0.2) is 0 Å². The highest BCUT2D eigenvalue weighted by atomic mass is 32.2. The maximum atomic E-state index is 10.2. The second kappa shape index (κ2) is 5.50. The molecule has 0 aromatic rings. The van der Waals surface area contributed by atoms with Crippen LogP contribution in [0.1, 0.15) is 26.7 Å². The minimum atomic E-state index is -4.07. The molecular formula is C7H15O4S-. The Balaban J connectivity index is 3.51. The van der Waals surface area contributed by atoms with E-state index in [0.717, 1.165) is 6.42 Å². The van der Waals surface area contributed by atoms with Gasteiger partial charge >= 0.3 is 0 Å². The summed E-state index contributed by atoms with van der Waals surface area (Å²) in [6, 6.07) is 0. The smallest absolute Gasteiger partial charge is 0.0946 e. The van der Waals surface area contributed by atoms with Crippen molar-refractivity contribution in [2.45, 2.75) is 32.8 Å². The Morgan fingerprint density at radius 1 is 1.50 bits per heavy atom. The van der Waals surface area contributed by atoms with Gasteiger partial charge in [0.1, 0.15) is 0 Å². The van der Waals surface area contributed by atoms with Crippen LogP contribution in [0.25, 0.3) is 0 Å². The Labute approximate surface area is 73.7 Å². The summed E-state index contributed by atoms with van der Waals surface area (Å²) in [4.78, 5) is 0. The molecule has 0 saturated carbocycles. The number of ether oxygens (including phenoxy) is 1. The van der Waals surface area contributed by atoms with Crippen LogP contribution in [-0.4, -0.2) is 31.4 Å². The lowest BCUT2D eigenvalue weighted by Crippen LogP contribution is -2.15. The predicted molar refractivity (Wildman–Crippen MR) is 44.9 cm³/mol. The van der Waals surface area contributed by atoms with E-state index in [2.05, 4.69) is 0 Å². The van der Waals surface area contributed by atoms with Crippen molar-refractivity contribution in [3.05, 3.63) is 0 Å². The highest BCUT2D eigenvalue weighted by Gasteiger charge is 2.03. The molecule has 1 atom stereocenters. The second-order valence-corrected chi connectivity index (χ2v) is 4.26. The lowest BCUT2D eigenvalue weighted by molar-refractivity contribution is 0.0643. The van der Waals surface area contributed by atoms with E-state index < -0.39 is 10.1 Å². The van der Waals surface area contributed by atoms with E-state index in [0.29, 0.717) is 6.61 Å². The van der Waals surface area contributed by atoms with Gasteiger partial charge in [-0.2, -0.15) is 0 Å². The van der Waals surface area contributed by atoms with Gasteiger partial charge in [-0.15, -0.1) is 0 Å². The first-order valence-electron chi connectivity index (χ1n) is 4.01. The lowest BCUT2D eigenvalue weighted by Gasteiger charge is -2.13. The molecule has 0 aromatic carbocycles. The highest BCUT2D eigenvalue weighted by Crippen LogP contribution is 2.00. The van der Waals surface area contributed by atoms with Gasteiger partial charge < -0.3 is 9.29 Å².